The van der Waals surface area contributed by atoms with Gasteiger partial charge >= 0.3 is 0 Å². The molecule has 0 aromatic heterocycles. The van der Waals surface area contributed by atoms with E-state index < -0.39 is 0 Å². The van der Waals surface area contributed by atoms with Gasteiger partial charge in [0.1, 0.15) is 5.54 Å². The maximum atomic E-state index is 9.37. The molecule has 1 saturated carbocycles. The molecule has 16 heavy (non-hydrogen) atoms. The summed E-state index contributed by atoms with van der Waals surface area (Å²) in [5.41, 5.74) is -0.331. The van der Waals surface area contributed by atoms with Gasteiger partial charge in [-0.25, -0.2) is 0 Å². The second-order valence-electron chi connectivity index (χ2n) is 5.30. The Balaban J connectivity index is 2.54. The van der Waals surface area contributed by atoms with Gasteiger partial charge in [0.25, 0.3) is 0 Å². The van der Waals surface area contributed by atoms with Crippen LogP contribution in [0.25, 0.3) is 0 Å². The number of nitrogens with one attached hydrogen (secondary N) is 1. The number of nitriles is 1. The third-order valence-electron chi connectivity index (χ3n) is 3.74. The number of rotatable bonds is 5. The lowest BCUT2D eigenvalue weighted by Crippen LogP contribution is -2.48. The van der Waals surface area contributed by atoms with Crippen LogP contribution in [0.3, 0.4) is 0 Å². The molecule has 1 fully saturated rings. The summed E-state index contributed by atoms with van der Waals surface area (Å²) in [6.07, 6.45) is 5.05. The lowest BCUT2D eigenvalue weighted by atomic mass is 9.72. The molecule has 0 amide bonds. The van der Waals surface area contributed by atoms with Crippen molar-refractivity contribution in [2.24, 2.45) is 11.8 Å². The Bertz CT molecular complexity index is 247. The molecule has 92 valence electrons. The van der Waals surface area contributed by atoms with Gasteiger partial charge in [0.2, 0.25) is 0 Å². The summed E-state index contributed by atoms with van der Waals surface area (Å²) in [6, 6.07) is 2.47. The first-order valence-electron chi connectivity index (χ1n) is 6.41. The van der Waals surface area contributed by atoms with Crippen LogP contribution >= 0.6 is 0 Å². The van der Waals surface area contributed by atoms with Crippen LogP contribution in [0, 0.1) is 23.2 Å². The zero-order chi connectivity index (χ0) is 12.0. The van der Waals surface area contributed by atoms with Gasteiger partial charge < -0.3 is 5.11 Å². The fraction of sp³-hybridized carbons (Fsp3) is 0.923. The average Bonchev–Trinajstić information content (AvgIpc) is 2.30. The smallest absolute Gasteiger partial charge is 0.107 e. The first-order chi connectivity index (χ1) is 7.63. The highest BCUT2D eigenvalue weighted by molar-refractivity contribution is 5.09. The van der Waals surface area contributed by atoms with Gasteiger partial charge in [-0.3, -0.25) is 5.32 Å². The molecule has 3 heteroatoms. The van der Waals surface area contributed by atoms with Crippen molar-refractivity contribution in [3.63, 3.8) is 0 Å². The zero-order valence-corrected chi connectivity index (χ0v) is 10.5. The van der Waals surface area contributed by atoms with E-state index in [1.807, 2.05) is 0 Å². The van der Waals surface area contributed by atoms with E-state index in [9.17, 15) is 5.26 Å². The fourth-order valence-corrected chi connectivity index (χ4v) is 2.60. The van der Waals surface area contributed by atoms with E-state index >= 15 is 0 Å². The lowest BCUT2D eigenvalue weighted by Gasteiger charge is -2.38. The van der Waals surface area contributed by atoms with Crippen LogP contribution in [0.4, 0.5) is 0 Å². The quantitative estimate of drug-likeness (QED) is 0.703. The van der Waals surface area contributed by atoms with E-state index in [4.69, 9.17) is 5.11 Å². The highest BCUT2D eigenvalue weighted by atomic mass is 16.3. The van der Waals surface area contributed by atoms with E-state index in [0.717, 1.165) is 32.2 Å². The van der Waals surface area contributed by atoms with E-state index in [1.165, 1.54) is 6.42 Å². The van der Waals surface area contributed by atoms with Crippen LogP contribution in [-0.4, -0.2) is 23.8 Å². The average molecular weight is 224 g/mol. The molecule has 0 radical (unpaired) electrons. The van der Waals surface area contributed by atoms with E-state index in [2.05, 4.69) is 25.2 Å². The molecule has 1 aliphatic carbocycles. The molecule has 2 atom stereocenters. The monoisotopic (exact) mass is 224 g/mol. The van der Waals surface area contributed by atoms with Crippen LogP contribution < -0.4 is 5.32 Å². The largest absolute Gasteiger partial charge is 0.396 e. The number of aliphatic hydroxyl groups excluding tert-OH is 1. The van der Waals surface area contributed by atoms with Crippen molar-refractivity contribution in [3.05, 3.63) is 0 Å². The Morgan fingerprint density at radius 2 is 2.31 bits per heavy atom. The third kappa shape index (κ3) is 3.47. The van der Waals surface area contributed by atoms with Crippen molar-refractivity contribution >= 4 is 0 Å². The van der Waals surface area contributed by atoms with Crippen LogP contribution in [0.15, 0.2) is 0 Å². The normalized spacial score (nSPS) is 30.3. The van der Waals surface area contributed by atoms with Crippen LogP contribution in [0.2, 0.25) is 0 Å². The molecule has 0 aliphatic heterocycles. The third-order valence-corrected chi connectivity index (χ3v) is 3.74. The number of aliphatic hydroxyl groups is 1. The SMILES string of the molecule is CC(C)C1CCCC(C#N)(NCCCO)C1. The maximum absolute atomic E-state index is 9.37. The summed E-state index contributed by atoms with van der Waals surface area (Å²) < 4.78 is 0. The van der Waals surface area contributed by atoms with E-state index in [-0.39, 0.29) is 12.1 Å². The molecular weight excluding hydrogens is 200 g/mol. The highest BCUT2D eigenvalue weighted by Crippen LogP contribution is 2.36. The van der Waals surface area contributed by atoms with Gasteiger partial charge in [0.05, 0.1) is 6.07 Å². The van der Waals surface area contributed by atoms with Crippen molar-refractivity contribution in [3.8, 4) is 6.07 Å². The van der Waals surface area contributed by atoms with Gasteiger partial charge in [-0.15, -0.1) is 0 Å². The predicted octanol–water partition coefficient (Wildman–Crippen LogP) is 2.07. The molecule has 2 unspecified atom stereocenters. The molecule has 3 nitrogen and oxygen atoms in total. The molecule has 0 spiro atoms. The molecule has 1 aliphatic rings. The highest BCUT2D eigenvalue weighted by Gasteiger charge is 2.36. The fourth-order valence-electron chi connectivity index (χ4n) is 2.60. The van der Waals surface area contributed by atoms with Crippen LogP contribution in [0.1, 0.15) is 46.0 Å². The van der Waals surface area contributed by atoms with Crippen molar-refractivity contribution in [1.82, 2.24) is 5.32 Å². The molecule has 0 aromatic rings. The number of nitrogens with zero attached hydrogens (tertiary/aromatic N) is 1. The Morgan fingerprint density at radius 3 is 2.88 bits per heavy atom. The molecular formula is C13H24N2O. The molecule has 2 N–H and O–H groups in total. The molecule has 0 aromatic carbocycles. The van der Waals surface area contributed by atoms with Crippen LogP contribution in [0.5, 0.6) is 0 Å². The molecule has 1 rings (SSSR count). The van der Waals surface area contributed by atoms with Crippen molar-refractivity contribution < 1.29 is 5.11 Å². The van der Waals surface area contributed by atoms with Gasteiger partial charge in [-0.05, 0) is 44.1 Å². The summed E-state index contributed by atoms with van der Waals surface area (Å²) in [4.78, 5) is 0. The maximum Gasteiger partial charge on any atom is 0.107 e. The Labute approximate surface area is 98.8 Å². The molecule has 0 heterocycles. The van der Waals surface area contributed by atoms with E-state index in [1.54, 1.807) is 0 Å². The first kappa shape index (κ1) is 13.5. The number of hydrogen-bond donors (Lipinski definition) is 2. The van der Waals surface area contributed by atoms with Gasteiger partial charge in [-0.2, -0.15) is 5.26 Å². The summed E-state index contributed by atoms with van der Waals surface area (Å²) in [7, 11) is 0. The van der Waals surface area contributed by atoms with Gasteiger partial charge in [-0.1, -0.05) is 20.3 Å². The minimum Gasteiger partial charge on any atom is -0.396 e. The first-order valence-corrected chi connectivity index (χ1v) is 6.41. The lowest BCUT2D eigenvalue weighted by molar-refractivity contribution is 0.184. The van der Waals surface area contributed by atoms with Crippen molar-refractivity contribution in [2.45, 2.75) is 51.5 Å². The predicted molar refractivity (Wildman–Crippen MR) is 64.8 cm³/mol. The summed E-state index contributed by atoms with van der Waals surface area (Å²) in [6.45, 7) is 5.43. The Kier molecular flexibility index (Phi) is 5.24. The van der Waals surface area contributed by atoms with Crippen molar-refractivity contribution in [1.29, 1.82) is 5.26 Å². The minimum atomic E-state index is -0.331. The minimum absolute atomic E-state index is 0.197. The standard InChI is InChI=1S/C13H24N2O/c1-11(2)12-5-3-6-13(9-12,10-14)15-7-4-8-16/h11-12,15-16H,3-9H2,1-2H3. The topological polar surface area (TPSA) is 56.0 Å². The van der Waals surface area contributed by atoms with Crippen molar-refractivity contribution in [2.75, 3.05) is 13.2 Å². The summed E-state index contributed by atoms with van der Waals surface area (Å²) in [5.74, 6) is 1.32. The second-order valence-corrected chi connectivity index (χ2v) is 5.30. The Hall–Kier alpha value is -0.590. The van der Waals surface area contributed by atoms with Gasteiger partial charge in [0.15, 0.2) is 0 Å². The summed E-state index contributed by atoms with van der Waals surface area (Å²) >= 11 is 0. The molecule has 0 bridgehead atoms. The van der Waals surface area contributed by atoms with Gasteiger partial charge in [0, 0.05) is 6.61 Å². The molecule has 0 saturated heterocycles. The van der Waals surface area contributed by atoms with E-state index in [0.29, 0.717) is 11.8 Å². The Morgan fingerprint density at radius 1 is 1.56 bits per heavy atom. The zero-order valence-electron chi connectivity index (χ0n) is 10.5. The number of hydrogen-bond acceptors (Lipinski definition) is 3. The summed E-state index contributed by atoms with van der Waals surface area (Å²) in [5, 5.41) is 21.5. The second kappa shape index (κ2) is 6.22. The van der Waals surface area contributed by atoms with Crippen LogP contribution in [-0.2, 0) is 0 Å².